The summed E-state index contributed by atoms with van der Waals surface area (Å²) in [6, 6.07) is 7.24. The van der Waals surface area contributed by atoms with Crippen molar-refractivity contribution in [2.24, 2.45) is 0 Å². The van der Waals surface area contributed by atoms with E-state index < -0.39 is 0 Å². The molecule has 1 aliphatic carbocycles. The van der Waals surface area contributed by atoms with E-state index in [1.54, 1.807) is 18.2 Å². The van der Waals surface area contributed by atoms with Crippen LogP contribution in [0.4, 0.5) is 0 Å². The van der Waals surface area contributed by atoms with Crippen LogP contribution < -0.4 is 5.32 Å². The van der Waals surface area contributed by atoms with E-state index in [0.29, 0.717) is 17.7 Å². The van der Waals surface area contributed by atoms with Crippen LogP contribution in [0.2, 0.25) is 0 Å². The standard InChI is InChI=1S/C10H7NO2/c12-6-11-9-5-7-3-1-2-4-8(7)10(9)13/h1-6H,(H,11,12,13). The van der Waals surface area contributed by atoms with Gasteiger partial charge in [-0.1, -0.05) is 24.3 Å². The normalized spacial score (nSPS) is 13.5. The highest BCUT2D eigenvalue weighted by Gasteiger charge is 2.20. The summed E-state index contributed by atoms with van der Waals surface area (Å²) in [7, 11) is 0. The van der Waals surface area contributed by atoms with Crippen LogP contribution in [0.25, 0.3) is 6.08 Å². The summed E-state index contributed by atoms with van der Waals surface area (Å²) >= 11 is 0. The van der Waals surface area contributed by atoms with Crippen LogP contribution in [0.1, 0.15) is 15.9 Å². The maximum Gasteiger partial charge on any atom is 0.211 e. The van der Waals surface area contributed by atoms with Gasteiger partial charge in [0.05, 0.1) is 5.70 Å². The van der Waals surface area contributed by atoms with Crippen molar-refractivity contribution in [3.63, 3.8) is 0 Å². The van der Waals surface area contributed by atoms with Crippen LogP contribution in [0.5, 0.6) is 0 Å². The third-order valence-corrected chi connectivity index (χ3v) is 1.96. The Morgan fingerprint density at radius 1 is 1.23 bits per heavy atom. The van der Waals surface area contributed by atoms with Crippen LogP contribution in [-0.2, 0) is 4.79 Å². The summed E-state index contributed by atoms with van der Waals surface area (Å²) in [5.41, 5.74) is 1.85. The maximum absolute atomic E-state index is 11.5. The molecule has 0 saturated heterocycles. The predicted molar refractivity (Wildman–Crippen MR) is 47.9 cm³/mol. The van der Waals surface area contributed by atoms with Gasteiger partial charge in [-0.3, -0.25) is 9.59 Å². The van der Waals surface area contributed by atoms with Crippen molar-refractivity contribution in [1.29, 1.82) is 0 Å². The number of nitrogens with one attached hydrogen (secondary N) is 1. The number of allylic oxidation sites excluding steroid dienone is 1. The molecule has 0 unspecified atom stereocenters. The summed E-state index contributed by atoms with van der Waals surface area (Å²) in [5.74, 6) is -0.122. The number of carbonyl (C=O) groups excluding carboxylic acids is 2. The van der Waals surface area contributed by atoms with Gasteiger partial charge >= 0.3 is 0 Å². The molecule has 3 nitrogen and oxygen atoms in total. The van der Waals surface area contributed by atoms with E-state index in [-0.39, 0.29) is 5.78 Å². The summed E-state index contributed by atoms with van der Waals surface area (Å²) in [6.45, 7) is 0. The molecule has 1 amide bonds. The molecule has 1 aromatic carbocycles. The van der Waals surface area contributed by atoms with Crippen molar-refractivity contribution in [3.05, 3.63) is 41.1 Å². The molecule has 0 atom stereocenters. The van der Waals surface area contributed by atoms with Crippen molar-refractivity contribution in [3.8, 4) is 0 Å². The third-order valence-electron chi connectivity index (χ3n) is 1.96. The predicted octanol–water partition coefficient (Wildman–Crippen LogP) is 0.970. The number of carbonyl (C=O) groups is 2. The molecule has 0 radical (unpaired) electrons. The number of hydrogen-bond donors (Lipinski definition) is 1. The van der Waals surface area contributed by atoms with E-state index in [0.717, 1.165) is 5.56 Å². The molecule has 0 spiro atoms. The molecule has 64 valence electrons. The fourth-order valence-corrected chi connectivity index (χ4v) is 1.37. The highest BCUT2D eigenvalue weighted by atomic mass is 16.1. The first-order chi connectivity index (χ1) is 6.33. The Hall–Kier alpha value is -1.90. The first-order valence-electron chi connectivity index (χ1n) is 3.88. The van der Waals surface area contributed by atoms with Crippen molar-refractivity contribution in [2.75, 3.05) is 0 Å². The van der Waals surface area contributed by atoms with Crippen LogP contribution in [0.15, 0.2) is 30.0 Å². The van der Waals surface area contributed by atoms with Crippen molar-refractivity contribution < 1.29 is 9.59 Å². The third kappa shape index (κ3) is 1.14. The van der Waals surface area contributed by atoms with Gasteiger partial charge in [-0.05, 0) is 11.6 Å². The quantitative estimate of drug-likeness (QED) is 0.677. The largest absolute Gasteiger partial charge is 0.325 e. The smallest absolute Gasteiger partial charge is 0.211 e. The lowest BCUT2D eigenvalue weighted by Crippen LogP contribution is -2.15. The fraction of sp³-hybridized carbons (Fsp3) is 0. The molecule has 3 heteroatoms. The van der Waals surface area contributed by atoms with E-state index in [2.05, 4.69) is 5.32 Å². The molecular weight excluding hydrogens is 166 g/mol. The highest BCUT2D eigenvalue weighted by molar-refractivity contribution is 6.18. The minimum Gasteiger partial charge on any atom is -0.325 e. The Morgan fingerprint density at radius 2 is 2.00 bits per heavy atom. The van der Waals surface area contributed by atoms with Crippen LogP contribution >= 0.6 is 0 Å². The van der Waals surface area contributed by atoms with Crippen molar-refractivity contribution >= 4 is 18.3 Å². The van der Waals surface area contributed by atoms with Gasteiger partial charge in [-0.15, -0.1) is 0 Å². The first kappa shape index (κ1) is 7.73. The van der Waals surface area contributed by atoms with Gasteiger partial charge in [0, 0.05) is 5.56 Å². The van der Waals surface area contributed by atoms with Gasteiger partial charge < -0.3 is 5.32 Å². The Morgan fingerprint density at radius 3 is 2.69 bits per heavy atom. The van der Waals surface area contributed by atoms with E-state index in [9.17, 15) is 9.59 Å². The molecule has 0 fully saturated rings. The minimum atomic E-state index is -0.122. The number of fused-ring (bicyclic) bond motifs is 1. The Kier molecular flexibility index (Phi) is 1.70. The zero-order valence-corrected chi connectivity index (χ0v) is 6.78. The molecule has 0 aromatic heterocycles. The van der Waals surface area contributed by atoms with E-state index in [4.69, 9.17) is 0 Å². The molecule has 13 heavy (non-hydrogen) atoms. The average molecular weight is 173 g/mol. The second kappa shape index (κ2) is 2.86. The number of hydrogen-bond acceptors (Lipinski definition) is 2. The molecule has 1 aliphatic rings. The Balaban J connectivity index is 2.44. The molecule has 1 N–H and O–H groups in total. The number of amides is 1. The van der Waals surface area contributed by atoms with Crippen LogP contribution in [0, 0.1) is 0 Å². The van der Waals surface area contributed by atoms with E-state index in [1.165, 1.54) is 0 Å². The molecule has 1 aromatic rings. The van der Waals surface area contributed by atoms with Crippen molar-refractivity contribution in [1.82, 2.24) is 5.32 Å². The number of rotatable bonds is 2. The first-order valence-corrected chi connectivity index (χ1v) is 3.88. The number of benzene rings is 1. The van der Waals surface area contributed by atoms with Gasteiger partial charge in [0.15, 0.2) is 0 Å². The summed E-state index contributed by atoms with van der Waals surface area (Å²) in [6.07, 6.45) is 2.18. The molecule has 0 aliphatic heterocycles. The maximum atomic E-state index is 11.5. The average Bonchev–Trinajstić information content (AvgIpc) is 2.46. The molecule has 2 rings (SSSR count). The zero-order chi connectivity index (χ0) is 9.26. The Bertz CT molecular complexity index is 407. The second-order valence-electron chi connectivity index (χ2n) is 2.74. The van der Waals surface area contributed by atoms with Crippen molar-refractivity contribution in [2.45, 2.75) is 0 Å². The summed E-state index contributed by atoms with van der Waals surface area (Å²) < 4.78 is 0. The van der Waals surface area contributed by atoms with Gasteiger partial charge in [0.25, 0.3) is 0 Å². The summed E-state index contributed by atoms with van der Waals surface area (Å²) in [5, 5.41) is 2.37. The molecule has 0 saturated carbocycles. The molecular formula is C10H7NO2. The highest BCUT2D eigenvalue weighted by Crippen LogP contribution is 2.22. The van der Waals surface area contributed by atoms with Gasteiger partial charge in [-0.2, -0.15) is 0 Å². The fourth-order valence-electron chi connectivity index (χ4n) is 1.37. The number of ketones is 1. The topological polar surface area (TPSA) is 46.2 Å². The minimum absolute atomic E-state index is 0.122. The second-order valence-corrected chi connectivity index (χ2v) is 2.74. The van der Waals surface area contributed by atoms with E-state index >= 15 is 0 Å². The Labute approximate surface area is 75.1 Å². The van der Waals surface area contributed by atoms with Gasteiger partial charge in [-0.25, -0.2) is 0 Å². The lowest BCUT2D eigenvalue weighted by Gasteiger charge is -1.96. The zero-order valence-electron chi connectivity index (χ0n) is 6.78. The van der Waals surface area contributed by atoms with Crippen LogP contribution in [0.3, 0.4) is 0 Å². The van der Waals surface area contributed by atoms with E-state index in [1.807, 2.05) is 12.1 Å². The van der Waals surface area contributed by atoms with Crippen LogP contribution in [-0.4, -0.2) is 12.2 Å². The monoisotopic (exact) mass is 173 g/mol. The van der Waals surface area contributed by atoms with Gasteiger partial charge in [0.2, 0.25) is 12.2 Å². The SMILES string of the molecule is O=CNC1=Cc2ccccc2C1=O. The lowest BCUT2D eigenvalue weighted by atomic mass is 10.1. The lowest BCUT2D eigenvalue weighted by molar-refractivity contribution is -0.108. The molecule has 0 heterocycles. The van der Waals surface area contributed by atoms with Gasteiger partial charge in [0.1, 0.15) is 0 Å². The summed E-state index contributed by atoms with van der Waals surface area (Å²) in [4.78, 5) is 21.7. The number of Topliss-reactive ketones (excluding diaryl/α,β-unsaturated/α-hetero) is 1. The molecule has 0 bridgehead atoms.